The third kappa shape index (κ3) is 1.79. The van der Waals surface area contributed by atoms with E-state index < -0.39 is 23.3 Å². The fourth-order valence-corrected chi connectivity index (χ4v) is 1.63. The molecule has 7 nitrogen and oxygen atoms in total. The Bertz CT molecular complexity index is 478. The molecule has 0 spiro atoms. The molecule has 2 heterocycles. The summed E-state index contributed by atoms with van der Waals surface area (Å²) in [6.45, 7) is 3.03. The van der Waals surface area contributed by atoms with Crippen molar-refractivity contribution in [3.63, 3.8) is 0 Å². The molecule has 0 radical (unpaired) electrons. The number of piperazine rings is 1. The molecule has 2 rings (SSSR count). The van der Waals surface area contributed by atoms with Crippen LogP contribution in [0.4, 0.5) is 0 Å². The van der Waals surface area contributed by atoms with Gasteiger partial charge in [0.2, 0.25) is 5.91 Å². The maximum atomic E-state index is 12.1. The van der Waals surface area contributed by atoms with Crippen LogP contribution in [-0.4, -0.2) is 44.9 Å². The second kappa shape index (κ2) is 3.69. The Morgan fingerprint density at radius 2 is 2.18 bits per heavy atom. The Labute approximate surface area is 97.2 Å². The van der Waals surface area contributed by atoms with Crippen LogP contribution in [0.2, 0.25) is 0 Å². The number of carbonyl (C=O) groups excluding carboxylic acids is 3. The van der Waals surface area contributed by atoms with Gasteiger partial charge in [0, 0.05) is 6.20 Å². The van der Waals surface area contributed by atoms with E-state index in [1.165, 1.54) is 17.2 Å². The van der Waals surface area contributed by atoms with Crippen molar-refractivity contribution in [3.8, 4) is 0 Å². The van der Waals surface area contributed by atoms with Crippen LogP contribution in [0.5, 0.6) is 0 Å². The molecule has 0 aliphatic carbocycles. The van der Waals surface area contributed by atoms with Crippen molar-refractivity contribution < 1.29 is 14.4 Å². The summed E-state index contributed by atoms with van der Waals surface area (Å²) in [7, 11) is 0. The van der Waals surface area contributed by atoms with Crippen LogP contribution in [0.1, 0.15) is 24.3 Å². The standard InChI is InChI=1S/C10H12N4O3/c1-10(2)9(17)12-7(15)5-14(10)8(16)6-3-4-11-13-6/h3-4H,5H2,1-2H3,(H,11,13)(H,12,15,17). The predicted octanol–water partition coefficient (Wildman–Crippen LogP) is -0.713. The predicted molar refractivity (Wildman–Crippen MR) is 56.9 cm³/mol. The lowest BCUT2D eigenvalue weighted by molar-refractivity contribution is -0.143. The zero-order valence-electron chi connectivity index (χ0n) is 9.48. The van der Waals surface area contributed by atoms with Gasteiger partial charge in [-0.25, -0.2) is 0 Å². The normalized spacial score (nSPS) is 19.1. The lowest BCUT2D eigenvalue weighted by Gasteiger charge is -2.39. The molecule has 1 fully saturated rings. The van der Waals surface area contributed by atoms with Gasteiger partial charge in [-0.3, -0.25) is 24.8 Å². The molecule has 2 N–H and O–H groups in total. The zero-order valence-corrected chi connectivity index (χ0v) is 9.48. The van der Waals surface area contributed by atoms with E-state index in [0.29, 0.717) is 0 Å². The van der Waals surface area contributed by atoms with E-state index in [1.54, 1.807) is 13.8 Å². The molecule has 90 valence electrons. The highest BCUT2D eigenvalue weighted by molar-refractivity contribution is 6.08. The fraction of sp³-hybridized carbons (Fsp3) is 0.400. The average molecular weight is 236 g/mol. The van der Waals surface area contributed by atoms with Gasteiger partial charge in [0.1, 0.15) is 17.8 Å². The number of rotatable bonds is 1. The summed E-state index contributed by atoms with van der Waals surface area (Å²) in [5.74, 6) is -1.39. The maximum absolute atomic E-state index is 12.1. The molecule has 0 unspecified atom stereocenters. The van der Waals surface area contributed by atoms with Gasteiger partial charge in [-0.1, -0.05) is 0 Å². The van der Waals surface area contributed by atoms with Gasteiger partial charge in [-0.2, -0.15) is 5.10 Å². The minimum Gasteiger partial charge on any atom is -0.314 e. The SMILES string of the molecule is CC1(C)C(=O)NC(=O)CN1C(=O)c1ccn[nH]1. The molecule has 0 atom stereocenters. The Morgan fingerprint density at radius 1 is 1.47 bits per heavy atom. The molecule has 0 aromatic carbocycles. The highest BCUT2D eigenvalue weighted by Crippen LogP contribution is 2.20. The summed E-state index contributed by atoms with van der Waals surface area (Å²) in [6.07, 6.45) is 1.44. The van der Waals surface area contributed by atoms with Crippen LogP contribution in [0, 0.1) is 0 Å². The number of carbonyl (C=O) groups is 3. The third-order valence-corrected chi connectivity index (χ3v) is 2.76. The van der Waals surface area contributed by atoms with Gasteiger partial charge in [0.05, 0.1) is 0 Å². The van der Waals surface area contributed by atoms with Crippen molar-refractivity contribution >= 4 is 17.7 Å². The van der Waals surface area contributed by atoms with Crippen molar-refractivity contribution in [1.82, 2.24) is 20.4 Å². The first-order chi connectivity index (χ1) is 7.93. The van der Waals surface area contributed by atoms with Gasteiger partial charge >= 0.3 is 0 Å². The summed E-state index contributed by atoms with van der Waals surface area (Å²) >= 11 is 0. The summed E-state index contributed by atoms with van der Waals surface area (Å²) in [6, 6.07) is 1.50. The van der Waals surface area contributed by atoms with Crippen molar-refractivity contribution in [2.45, 2.75) is 19.4 Å². The lowest BCUT2D eigenvalue weighted by Crippen LogP contribution is -2.65. The van der Waals surface area contributed by atoms with Gasteiger partial charge in [-0.15, -0.1) is 0 Å². The first-order valence-corrected chi connectivity index (χ1v) is 5.08. The monoisotopic (exact) mass is 236 g/mol. The molecule has 1 aromatic heterocycles. The topological polar surface area (TPSA) is 95.2 Å². The lowest BCUT2D eigenvalue weighted by atomic mass is 9.98. The number of aromatic amines is 1. The highest BCUT2D eigenvalue weighted by atomic mass is 16.2. The molecular weight excluding hydrogens is 224 g/mol. The number of nitrogens with zero attached hydrogens (tertiary/aromatic N) is 2. The van der Waals surface area contributed by atoms with Crippen molar-refractivity contribution in [1.29, 1.82) is 0 Å². The Kier molecular flexibility index (Phi) is 2.45. The first-order valence-electron chi connectivity index (χ1n) is 5.08. The fourth-order valence-electron chi connectivity index (χ4n) is 1.63. The van der Waals surface area contributed by atoms with Crippen molar-refractivity contribution in [3.05, 3.63) is 18.0 Å². The Morgan fingerprint density at radius 3 is 2.76 bits per heavy atom. The first kappa shape index (κ1) is 11.3. The van der Waals surface area contributed by atoms with E-state index in [-0.39, 0.29) is 12.2 Å². The molecule has 7 heteroatoms. The zero-order chi connectivity index (χ0) is 12.6. The van der Waals surface area contributed by atoms with Crippen LogP contribution in [0.15, 0.2) is 12.3 Å². The van der Waals surface area contributed by atoms with Crippen LogP contribution in [0.25, 0.3) is 0 Å². The van der Waals surface area contributed by atoms with E-state index in [9.17, 15) is 14.4 Å². The minimum absolute atomic E-state index is 0.142. The second-order valence-electron chi connectivity index (χ2n) is 4.30. The van der Waals surface area contributed by atoms with Crippen LogP contribution in [-0.2, 0) is 9.59 Å². The van der Waals surface area contributed by atoms with E-state index in [1.807, 2.05) is 0 Å². The minimum atomic E-state index is -1.06. The summed E-state index contributed by atoms with van der Waals surface area (Å²) in [5, 5.41) is 8.39. The van der Waals surface area contributed by atoms with E-state index in [4.69, 9.17) is 0 Å². The highest BCUT2D eigenvalue weighted by Gasteiger charge is 2.43. The average Bonchev–Trinajstić information content (AvgIpc) is 2.76. The number of aromatic nitrogens is 2. The van der Waals surface area contributed by atoms with Crippen molar-refractivity contribution in [2.75, 3.05) is 6.54 Å². The van der Waals surface area contributed by atoms with E-state index in [0.717, 1.165) is 0 Å². The molecule has 1 aromatic rings. The Balaban J connectivity index is 2.33. The number of nitrogens with one attached hydrogen (secondary N) is 2. The molecule has 1 aliphatic heterocycles. The molecular formula is C10H12N4O3. The smallest absolute Gasteiger partial charge is 0.273 e. The number of H-pyrrole nitrogens is 1. The molecule has 3 amide bonds. The van der Waals surface area contributed by atoms with Gasteiger partial charge in [0.15, 0.2) is 0 Å². The molecule has 17 heavy (non-hydrogen) atoms. The Hall–Kier alpha value is -2.18. The second-order valence-corrected chi connectivity index (χ2v) is 4.30. The molecule has 0 saturated carbocycles. The number of hydrogen-bond donors (Lipinski definition) is 2. The van der Waals surface area contributed by atoms with Gasteiger partial charge < -0.3 is 4.90 Å². The molecule has 0 bridgehead atoms. The molecule has 1 saturated heterocycles. The van der Waals surface area contributed by atoms with Crippen LogP contribution >= 0.6 is 0 Å². The number of imide groups is 1. The van der Waals surface area contributed by atoms with Crippen LogP contribution in [0.3, 0.4) is 0 Å². The third-order valence-electron chi connectivity index (χ3n) is 2.76. The number of hydrogen-bond acceptors (Lipinski definition) is 4. The molecule has 1 aliphatic rings. The largest absolute Gasteiger partial charge is 0.314 e. The van der Waals surface area contributed by atoms with Gasteiger partial charge in [0.25, 0.3) is 11.8 Å². The van der Waals surface area contributed by atoms with E-state index in [2.05, 4.69) is 15.5 Å². The summed E-state index contributed by atoms with van der Waals surface area (Å²) < 4.78 is 0. The summed E-state index contributed by atoms with van der Waals surface area (Å²) in [4.78, 5) is 36.3. The van der Waals surface area contributed by atoms with E-state index >= 15 is 0 Å². The van der Waals surface area contributed by atoms with Gasteiger partial charge in [-0.05, 0) is 19.9 Å². The van der Waals surface area contributed by atoms with Crippen molar-refractivity contribution in [2.24, 2.45) is 0 Å². The number of amides is 3. The maximum Gasteiger partial charge on any atom is 0.273 e. The summed E-state index contributed by atoms with van der Waals surface area (Å²) in [5.41, 5.74) is -0.809. The van der Waals surface area contributed by atoms with Crippen LogP contribution < -0.4 is 5.32 Å². The quantitative estimate of drug-likeness (QED) is 0.629.